The first kappa shape index (κ1) is 16.5. The molecule has 21 heavy (non-hydrogen) atoms. The molecule has 1 aromatic carbocycles. The largest absolute Gasteiger partial charge is 0.388 e. The number of rotatable bonds is 5. The fourth-order valence-electron chi connectivity index (χ4n) is 3.88. The van der Waals surface area contributed by atoms with Crippen molar-refractivity contribution < 1.29 is 5.11 Å². The molecule has 1 fully saturated rings. The van der Waals surface area contributed by atoms with Crippen LogP contribution < -0.4 is 0 Å². The minimum Gasteiger partial charge on any atom is -0.388 e. The minimum absolute atomic E-state index is 0.146. The average molecular weight is 289 g/mol. The van der Waals surface area contributed by atoms with E-state index in [-0.39, 0.29) is 5.41 Å². The van der Waals surface area contributed by atoms with Crippen molar-refractivity contribution in [2.24, 2.45) is 11.3 Å². The van der Waals surface area contributed by atoms with Crippen LogP contribution in [-0.4, -0.2) is 29.6 Å². The lowest BCUT2D eigenvalue weighted by molar-refractivity contribution is 0.00513. The van der Waals surface area contributed by atoms with Crippen molar-refractivity contribution in [3.8, 4) is 0 Å². The third-order valence-corrected chi connectivity index (χ3v) is 5.14. The summed E-state index contributed by atoms with van der Waals surface area (Å²) in [6.45, 7) is 7.66. The van der Waals surface area contributed by atoms with Gasteiger partial charge in [-0.2, -0.15) is 0 Å². The van der Waals surface area contributed by atoms with E-state index in [1.165, 1.54) is 25.7 Å². The number of hydrogen-bond acceptors (Lipinski definition) is 2. The number of nitrogens with zero attached hydrogens (tertiary/aromatic N) is 1. The molecule has 1 saturated carbocycles. The molecule has 0 spiro atoms. The van der Waals surface area contributed by atoms with E-state index >= 15 is 0 Å². The van der Waals surface area contributed by atoms with Crippen molar-refractivity contribution in [2.45, 2.75) is 58.6 Å². The molecule has 3 atom stereocenters. The van der Waals surface area contributed by atoms with Gasteiger partial charge in [-0.1, -0.05) is 63.9 Å². The molecule has 0 radical (unpaired) electrons. The highest BCUT2D eigenvalue weighted by molar-refractivity contribution is 5.19. The summed E-state index contributed by atoms with van der Waals surface area (Å²) in [5, 5.41) is 10.7. The van der Waals surface area contributed by atoms with Crippen molar-refractivity contribution in [2.75, 3.05) is 13.6 Å². The molecule has 2 nitrogen and oxygen atoms in total. The number of benzene rings is 1. The van der Waals surface area contributed by atoms with Crippen molar-refractivity contribution in [3.05, 3.63) is 35.9 Å². The Labute approximate surface area is 130 Å². The SMILES string of the molecule is CC1CCCCC1N(C)CC(C)(C)C(O)c1ccccc1. The molecule has 3 unspecified atom stereocenters. The first-order valence-corrected chi connectivity index (χ1v) is 8.35. The third-order valence-electron chi connectivity index (χ3n) is 5.14. The Hall–Kier alpha value is -0.860. The van der Waals surface area contributed by atoms with Crippen molar-refractivity contribution in [3.63, 3.8) is 0 Å². The van der Waals surface area contributed by atoms with Gasteiger partial charge in [-0.15, -0.1) is 0 Å². The van der Waals surface area contributed by atoms with Crippen LogP contribution in [-0.2, 0) is 0 Å². The summed E-state index contributed by atoms with van der Waals surface area (Å²) in [6.07, 6.45) is 4.95. The molecule has 1 aliphatic carbocycles. The van der Waals surface area contributed by atoms with E-state index in [1.807, 2.05) is 30.3 Å². The van der Waals surface area contributed by atoms with E-state index in [9.17, 15) is 5.11 Å². The molecule has 0 aliphatic heterocycles. The van der Waals surface area contributed by atoms with Gasteiger partial charge in [0.2, 0.25) is 0 Å². The van der Waals surface area contributed by atoms with Crippen LogP contribution in [0.3, 0.4) is 0 Å². The van der Waals surface area contributed by atoms with E-state index in [4.69, 9.17) is 0 Å². The standard InChI is InChI=1S/C19H31NO/c1-15-10-8-9-13-17(15)20(4)14-19(2,3)18(21)16-11-6-5-7-12-16/h5-7,11-12,15,17-18,21H,8-10,13-14H2,1-4H3. The Morgan fingerprint density at radius 3 is 2.43 bits per heavy atom. The molecule has 118 valence electrons. The number of hydrogen-bond donors (Lipinski definition) is 1. The molecular weight excluding hydrogens is 258 g/mol. The second kappa shape index (κ2) is 6.93. The molecule has 1 aliphatic rings. The normalized spacial score (nSPS) is 25.0. The summed E-state index contributed by atoms with van der Waals surface area (Å²) in [7, 11) is 2.23. The molecule has 0 bridgehead atoms. The van der Waals surface area contributed by atoms with Crippen molar-refractivity contribution in [1.82, 2.24) is 4.90 Å². The predicted octanol–water partition coefficient (Wildman–Crippen LogP) is 4.26. The maximum atomic E-state index is 10.7. The maximum Gasteiger partial charge on any atom is 0.0853 e. The monoisotopic (exact) mass is 289 g/mol. The summed E-state index contributed by atoms with van der Waals surface area (Å²) in [5.74, 6) is 0.772. The van der Waals surface area contributed by atoms with Crippen LogP contribution in [0.4, 0.5) is 0 Å². The summed E-state index contributed by atoms with van der Waals surface area (Å²) in [5.41, 5.74) is 0.875. The lowest BCUT2D eigenvalue weighted by Gasteiger charge is -2.42. The van der Waals surface area contributed by atoms with Gasteiger partial charge in [0.05, 0.1) is 6.10 Å². The van der Waals surface area contributed by atoms with Gasteiger partial charge in [0, 0.05) is 18.0 Å². The van der Waals surface area contributed by atoms with Gasteiger partial charge in [0.25, 0.3) is 0 Å². The summed E-state index contributed by atoms with van der Waals surface area (Å²) in [6, 6.07) is 10.7. The molecule has 2 rings (SSSR count). The highest BCUT2D eigenvalue weighted by atomic mass is 16.3. The Balaban J connectivity index is 2.02. The van der Waals surface area contributed by atoms with E-state index in [1.54, 1.807) is 0 Å². The molecule has 0 heterocycles. The van der Waals surface area contributed by atoms with Crippen molar-refractivity contribution in [1.29, 1.82) is 0 Å². The quantitative estimate of drug-likeness (QED) is 0.875. The van der Waals surface area contributed by atoms with Crippen LogP contribution in [0, 0.1) is 11.3 Å². The summed E-state index contributed by atoms with van der Waals surface area (Å²) >= 11 is 0. The lowest BCUT2D eigenvalue weighted by Crippen LogP contribution is -2.45. The third kappa shape index (κ3) is 4.08. The topological polar surface area (TPSA) is 23.5 Å². The van der Waals surface area contributed by atoms with Crippen LogP contribution >= 0.6 is 0 Å². The van der Waals surface area contributed by atoms with E-state index in [0.29, 0.717) is 6.04 Å². The Bertz CT molecular complexity index is 428. The van der Waals surface area contributed by atoms with Gasteiger partial charge >= 0.3 is 0 Å². The average Bonchev–Trinajstić information content (AvgIpc) is 2.47. The van der Waals surface area contributed by atoms with E-state index in [0.717, 1.165) is 18.0 Å². The second-order valence-corrected chi connectivity index (χ2v) is 7.55. The van der Waals surface area contributed by atoms with Gasteiger partial charge in [-0.3, -0.25) is 0 Å². The molecule has 2 heteroatoms. The molecule has 1 aromatic rings. The summed E-state index contributed by atoms with van der Waals surface area (Å²) in [4.78, 5) is 2.48. The van der Waals surface area contributed by atoms with Gasteiger partial charge in [0.15, 0.2) is 0 Å². The fraction of sp³-hybridized carbons (Fsp3) is 0.684. The first-order chi connectivity index (χ1) is 9.92. The van der Waals surface area contributed by atoms with Gasteiger partial charge in [-0.25, -0.2) is 0 Å². The molecular formula is C19H31NO. The fourth-order valence-corrected chi connectivity index (χ4v) is 3.88. The zero-order valence-corrected chi connectivity index (χ0v) is 14.0. The first-order valence-electron chi connectivity index (χ1n) is 8.35. The van der Waals surface area contributed by atoms with Gasteiger partial charge in [0.1, 0.15) is 0 Å². The van der Waals surface area contributed by atoms with Crippen LogP contribution in [0.5, 0.6) is 0 Å². The van der Waals surface area contributed by atoms with Crippen LogP contribution in [0.2, 0.25) is 0 Å². The van der Waals surface area contributed by atoms with Crippen molar-refractivity contribution >= 4 is 0 Å². The van der Waals surface area contributed by atoms with Crippen LogP contribution in [0.1, 0.15) is 58.1 Å². The Kier molecular flexibility index (Phi) is 5.45. The highest BCUT2D eigenvalue weighted by Gasteiger charge is 2.34. The molecule has 1 N–H and O–H groups in total. The molecule has 0 amide bonds. The van der Waals surface area contributed by atoms with E-state index in [2.05, 4.69) is 32.7 Å². The Morgan fingerprint density at radius 1 is 1.19 bits per heavy atom. The molecule has 0 aromatic heterocycles. The van der Waals surface area contributed by atoms with Crippen LogP contribution in [0.25, 0.3) is 0 Å². The Morgan fingerprint density at radius 2 is 1.81 bits per heavy atom. The maximum absolute atomic E-state index is 10.7. The predicted molar refractivity (Wildman–Crippen MR) is 89.2 cm³/mol. The van der Waals surface area contributed by atoms with Gasteiger partial charge in [-0.05, 0) is 31.4 Å². The number of aliphatic hydroxyl groups excluding tert-OH is 1. The van der Waals surface area contributed by atoms with Gasteiger partial charge < -0.3 is 10.0 Å². The lowest BCUT2D eigenvalue weighted by atomic mass is 9.80. The highest BCUT2D eigenvalue weighted by Crippen LogP contribution is 2.36. The zero-order chi connectivity index (χ0) is 15.5. The second-order valence-electron chi connectivity index (χ2n) is 7.55. The molecule has 0 saturated heterocycles. The smallest absolute Gasteiger partial charge is 0.0853 e. The number of aliphatic hydroxyl groups is 1. The zero-order valence-electron chi connectivity index (χ0n) is 14.0. The summed E-state index contributed by atoms with van der Waals surface area (Å²) < 4.78 is 0. The van der Waals surface area contributed by atoms with Crippen LogP contribution in [0.15, 0.2) is 30.3 Å². The minimum atomic E-state index is -0.417. The van der Waals surface area contributed by atoms with E-state index < -0.39 is 6.10 Å².